The minimum absolute atomic E-state index is 0.201. The van der Waals surface area contributed by atoms with Crippen LogP contribution in [0.1, 0.15) is 18.1 Å². The van der Waals surface area contributed by atoms with Crippen molar-refractivity contribution in [3.8, 4) is 0 Å². The van der Waals surface area contributed by atoms with Crippen LogP contribution in [0.15, 0.2) is 51.7 Å². The fraction of sp³-hybridized carbons (Fsp3) is 0.235. The van der Waals surface area contributed by atoms with Crippen LogP contribution < -0.4 is 5.73 Å². The Hall–Kier alpha value is -1.36. The van der Waals surface area contributed by atoms with E-state index in [4.69, 9.17) is 5.73 Å². The van der Waals surface area contributed by atoms with Crippen LogP contribution in [0.3, 0.4) is 0 Å². The molecular formula is C17H18N2S2. The summed E-state index contributed by atoms with van der Waals surface area (Å²) in [5.41, 5.74) is 9.54. The van der Waals surface area contributed by atoms with Gasteiger partial charge in [0.25, 0.3) is 0 Å². The number of hydrogen-bond donors (Lipinski definition) is 1. The number of benzene rings is 2. The summed E-state index contributed by atoms with van der Waals surface area (Å²) in [6.45, 7) is 4.19. The Morgan fingerprint density at radius 2 is 2.05 bits per heavy atom. The maximum Gasteiger partial charge on any atom is 0.155 e. The van der Waals surface area contributed by atoms with Crippen LogP contribution in [0.4, 0.5) is 0 Å². The molecule has 21 heavy (non-hydrogen) atoms. The molecule has 0 amide bonds. The van der Waals surface area contributed by atoms with Gasteiger partial charge in [0, 0.05) is 10.9 Å². The molecule has 4 heteroatoms. The second-order valence-corrected chi connectivity index (χ2v) is 7.65. The number of nitrogens with zero attached hydrogens (tertiary/aromatic N) is 1. The molecule has 3 aromatic rings. The molecule has 0 aliphatic carbocycles. The van der Waals surface area contributed by atoms with E-state index in [-0.39, 0.29) is 6.04 Å². The van der Waals surface area contributed by atoms with Crippen LogP contribution in [0.2, 0.25) is 0 Å². The van der Waals surface area contributed by atoms with E-state index in [9.17, 15) is 0 Å². The van der Waals surface area contributed by atoms with Crippen molar-refractivity contribution in [2.45, 2.75) is 35.5 Å². The number of nitrogens with two attached hydrogens (primary N) is 1. The van der Waals surface area contributed by atoms with E-state index in [2.05, 4.69) is 48.3 Å². The van der Waals surface area contributed by atoms with Crippen molar-refractivity contribution in [3.63, 3.8) is 0 Å². The van der Waals surface area contributed by atoms with Crippen molar-refractivity contribution >= 4 is 33.3 Å². The topological polar surface area (TPSA) is 38.9 Å². The monoisotopic (exact) mass is 314 g/mol. The lowest BCUT2D eigenvalue weighted by atomic mass is 10.1. The molecule has 0 spiro atoms. The normalized spacial score (nSPS) is 12.7. The van der Waals surface area contributed by atoms with Crippen molar-refractivity contribution in [2.75, 3.05) is 0 Å². The van der Waals surface area contributed by atoms with Gasteiger partial charge in [-0.15, -0.1) is 11.3 Å². The van der Waals surface area contributed by atoms with Gasteiger partial charge >= 0.3 is 0 Å². The minimum atomic E-state index is 0.201. The van der Waals surface area contributed by atoms with E-state index in [1.165, 1.54) is 20.7 Å². The highest BCUT2D eigenvalue weighted by molar-refractivity contribution is 8.01. The first kappa shape index (κ1) is 14.6. The number of hydrogen-bond acceptors (Lipinski definition) is 4. The van der Waals surface area contributed by atoms with Gasteiger partial charge in [-0.05, 0) is 49.6 Å². The largest absolute Gasteiger partial charge is 0.328 e. The van der Waals surface area contributed by atoms with Crippen molar-refractivity contribution in [3.05, 3.63) is 53.6 Å². The van der Waals surface area contributed by atoms with E-state index in [1.54, 1.807) is 23.1 Å². The molecule has 0 radical (unpaired) electrons. The Labute approximate surface area is 133 Å². The predicted octanol–water partition coefficient (Wildman–Crippen LogP) is 4.65. The maximum atomic E-state index is 5.87. The third-order valence-corrected chi connectivity index (χ3v) is 5.54. The first-order chi connectivity index (χ1) is 10.1. The summed E-state index contributed by atoms with van der Waals surface area (Å²) in [5.74, 6) is 0. The van der Waals surface area contributed by atoms with Crippen LogP contribution in [0.25, 0.3) is 10.2 Å². The zero-order valence-electron chi connectivity index (χ0n) is 12.2. The molecule has 0 aliphatic heterocycles. The van der Waals surface area contributed by atoms with Crippen molar-refractivity contribution in [2.24, 2.45) is 5.73 Å². The Morgan fingerprint density at radius 3 is 2.76 bits per heavy atom. The summed E-state index contributed by atoms with van der Waals surface area (Å²) >= 11 is 3.49. The molecule has 2 aromatic carbocycles. The molecule has 0 aliphatic rings. The maximum absolute atomic E-state index is 5.87. The number of aromatic nitrogens is 1. The zero-order chi connectivity index (χ0) is 14.8. The first-order valence-electron chi connectivity index (χ1n) is 7.00. The number of aryl methyl sites for hydroxylation is 1. The summed E-state index contributed by atoms with van der Waals surface area (Å²) in [6.07, 6.45) is 0.924. The molecule has 0 bridgehead atoms. The Kier molecular flexibility index (Phi) is 4.29. The second kappa shape index (κ2) is 6.18. The highest BCUT2D eigenvalue weighted by Crippen LogP contribution is 2.36. The fourth-order valence-corrected chi connectivity index (χ4v) is 4.40. The van der Waals surface area contributed by atoms with Gasteiger partial charge in [0.1, 0.15) is 0 Å². The fourth-order valence-electron chi connectivity index (χ4n) is 2.31. The molecule has 0 fully saturated rings. The van der Waals surface area contributed by atoms with Gasteiger partial charge in [-0.25, -0.2) is 4.98 Å². The molecule has 2 nitrogen and oxygen atoms in total. The summed E-state index contributed by atoms with van der Waals surface area (Å²) in [5, 5.41) is 0. The highest BCUT2D eigenvalue weighted by Gasteiger charge is 2.08. The van der Waals surface area contributed by atoms with E-state index in [0.717, 1.165) is 16.3 Å². The average Bonchev–Trinajstić information content (AvgIpc) is 2.83. The third-order valence-electron chi connectivity index (χ3n) is 3.27. The van der Waals surface area contributed by atoms with Crippen molar-refractivity contribution in [1.29, 1.82) is 0 Å². The van der Waals surface area contributed by atoms with Gasteiger partial charge < -0.3 is 5.73 Å². The molecule has 1 aromatic heterocycles. The van der Waals surface area contributed by atoms with Gasteiger partial charge in [0.15, 0.2) is 4.34 Å². The molecule has 3 rings (SSSR count). The molecule has 0 saturated heterocycles. The average molecular weight is 314 g/mol. The Morgan fingerprint density at radius 1 is 1.24 bits per heavy atom. The molecule has 1 unspecified atom stereocenters. The SMILES string of the molecule is Cc1cc(CC(C)N)ccc1Sc1nc2ccccc2s1. The molecule has 0 saturated carbocycles. The third kappa shape index (κ3) is 3.46. The number of rotatable bonds is 4. The predicted molar refractivity (Wildman–Crippen MR) is 92.3 cm³/mol. The van der Waals surface area contributed by atoms with Gasteiger partial charge in [-0.2, -0.15) is 0 Å². The van der Waals surface area contributed by atoms with Crippen molar-refractivity contribution in [1.82, 2.24) is 4.98 Å². The lowest BCUT2D eigenvalue weighted by Gasteiger charge is -2.09. The van der Waals surface area contributed by atoms with Gasteiger partial charge in [0.05, 0.1) is 10.2 Å². The molecule has 1 heterocycles. The van der Waals surface area contributed by atoms with Gasteiger partial charge in [0.2, 0.25) is 0 Å². The quantitative estimate of drug-likeness (QED) is 0.762. The minimum Gasteiger partial charge on any atom is -0.328 e. The van der Waals surface area contributed by atoms with E-state index >= 15 is 0 Å². The standard InChI is InChI=1S/C17H18N2S2/c1-11-9-13(10-12(2)18)7-8-15(11)20-17-19-14-5-3-4-6-16(14)21-17/h3-9,12H,10,18H2,1-2H3. The highest BCUT2D eigenvalue weighted by atomic mass is 32.2. The molecule has 2 N–H and O–H groups in total. The lowest BCUT2D eigenvalue weighted by Crippen LogP contribution is -2.17. The number of thiazole rings is 1. The molecule has 1 atom stereocenters. The lowest BCUT2D eigenvalue weighted by molar-refractivity contribution is 0.737. The van der Waals surface area contributed by atoms with Crippen LogP contribution in [-0.4, -0.2) is 11.0 Å². The van der Waals surface area contributed by atoms with Crippen molar-refractivity contribution < 1.29 is 0 Å². The van der Waals surface area contributed by atoms with Crippen LogP contribution in [0, 0.1) is 6.92 Å². The summed E-state index contributed by atoms with van der Waals surface area (Å²) in [7, 11) is 0. The smallest absolute Gasteiger partial charge is 0.155 e. The summed E-state index contributed by atoms with van der Waals surface area (Å²) < 4.78 is 2.34. The Balaban J connectivity index is 1.84. The van der Waals surface area contributed by atoms with Gasteiger partial charge in [-0.3, -0.25) is 0 Å². The van der Waals surface area contributed by atoms with Gasteiger partial charge in [-0.1, -0.05) is 36.0 Å². The molecule has 108 valence electrons. The second-order valence-electron chi connectivity index (χ2n) is 5.33. The van der Waals surface area contributed by atoms with Crippen LogP contribution >= 0.6 is 23.1 Å². The first-order valence-corrected chi connectivity index (χ1v) is 8.63. The number of fused-ring (bicyclic) bond motifs is 1. The molecular weight excluding hydrogens is 296 g/mol. The summed E-state index contributed by atoms with van der Waals surface area (Å²) in [6, 6.07) is 15.1. The van der Waals surface area contributed by atoms with E-state index in [0.29, 0.717) is 0 Å². The van der Waals surface area contributed by atoms with Crippen LogP contribution in [-0.2, 0) is 6.42 Å². The zero-order valence-corrected chi connectivity index (χ0v) is 13.8. The van der Waals surface area contributed by atoms with E-state index in [1.807, 2.05) is 13.0 Å². The Bertz CT molecular complexity index is 729. The van der Waals surface area contributed by atoms with E-state index < -0.39 is 0 Å². The van der Waals surface area contributed by atoms with Crippen LogP contribution in [0.5, 0.6) is 0 Å². The number of para-hydroxylation sites is 1. The summed E-state index contributed by atoms with van der Waals surface area (Å²) in [4.78, 5) is 5.95.